The number of amides is 1. The Morgan fingerprint density at radius 2 is 1.81 bits per heavy atom. The van der Waals surface area contributed by atoms with E-state index in [0.717, 1.165) is 18.2 Å². The minimum atomic E-state index is -4.58. The highest BCUT2D eigenvalue weighted by atomic mass is 32.2. The van der Waals surface area contributed by atoms with Gasteiger partial charge in [0.05, 0.1) is 22.6 Å². The molecule has 0 radical (unpaired) electrons. The van der Waals surface area contributed by atoms with Gasteiger partial charge in [0, 0.05) is 6.54 Å². The van der Waals surface area contributed by atoms with Crippen molar-refractivity contribution >= 4 is 32.4 Å². The zero-order valence-electron chi connectivity index (χ0n) is 18.5. The molecule has 194 valence electrons. The van der Waals surface area contributed by atoms with Gasteiger partial charge in [0.15, 0.2) is 5.01 Å². The number of nitrogens with one attached hydrogen (secondary N) is 2. The molecular weight excluding hydrogens is 531 g/mol. The maximum atomic E-state index is 12.9. The fourth-order valence-corrected chi connectivity index (χ4v) is 4.78. The van der Waals surface area contributed by atoms with Crippen LogP contribution in [-0.4, -0.2) is 37.7 Å². The molecule has 1 heterocycles. The molecule has 0 saturated carbocycles. The van der Waals surface area contributed by atoms with Crippen LogP contribution in [0.3, 0.4) is 0 Å². The normalized spacial score (nSPS) is 12.0. The minimum absolute atomic E-state index is 0.0518. The van der Waals surface area contributed by atoms with Crippen molar-refractivity contribution in [3.05, 3.63) is 64.2 Å². The first-order chi connectivity index (χ1) is 16.9. The van der Waals surface area contributed by atoms with Gasteiger partial charge in [-0.05, 0) is 49.2 Å². The van der Waals surface area contributed by atoms with Crippen LogP contribution in [0.15, 0.2) is 47.4 Å². The lowest BCUT2D eigenvalue weighted by Crippen LogP contribution is -2.26. The number of alkyl halides is 5. The van der Waals surface area contributed by atoms with Crippen LogP contribution >= 0.6 is 11.3 Å². The molecule has 0 fully saturated rings. The molecule has 2 aromatic carbocycles. The molecule has 15 heteroatoms. The van der Waals surface area contributed by atoms with Gasteiger partial charge in [-0.2, -0.15) is 13.2 Å². The number of nitrogens with zero attached hydrogens (tertiary/aromatic N) is 2. The van der Waals surface area contributed by atoms with E-state index in [-0.39, 0.29) is 40.9 Å². The summed E-state index contributed by atoms with van der Waals surface area (Å²) in [4.78, 5) is 12.3. The lowest BCUT2D eigenvalue weighted by molar-refractivity contribution is -0.137. The summed E-state index contributed by atoms with van der Waals surface area (Å²) in [6, 6.07) is 8.17. The summed E-state index contributed by atoms with van der Waals surface area (Å²) in [5.41, 5.74) is -0.334. The number of sulfonamides is 1. The second-order valence-corrected chi connectivity index (χ2v) is 9.83. The lowest BCUT2D eigenvalue weighted by atomic mass is 10.1. The third-order valence-electron chi connectivity index (χ3n) is 4.64. The highest BCUT2D eigenvalue weighted by molar-refractivity contribution is 7.93. The Kier molecular flexibility index (Phi) is 8.45. The number of hydrogen-bond acceptors (Lipinski definition) is 7. The van der Waals surface area contributed by atoms with E-state index in [2.05, 4.69) is 20.2 Å². The molecule has 0 aliphatic rings. The molecule has 36 heavy (non-hydrogen) atoms. The smallest absolute Gasteiger partial charge is 0.416 e. The number of benzene rings is 2. The molecule has 3 rings (SSSR count). The first-order valence-electron chi connectivity index (χ1n) is 10.3. The van der Waals surface area contributed by atoms with Gasteiger partial charge in [-0.25, -0.2) is 17.2 Å². The van der Waals surface area contributed by atoms with Crippen LogP contribution in [0.25, 0.3) is 0 Å². The van der Waals surface area contributed by atoms with Crippen molar-refractivity contribution in [2.45, 2.75) is 30.8 Å². The Bertz CT molecular complexity index is 1310. The average molecular weight is 551 g/mol. The van der Waals surface area contributed by atoms with Crippen LogP contribution in [0.1, 0.15) is 39.8 Å². The van der Waals surface area contributed by atoms with E-state index in [4.69, 9.17) is 4.74 Å². The molecule has 0 spiro atoms. The number of ether oxygens (including phenoxy) is 1. The molecule has 0 aliphatic carbocycles. The molecule has 0 bridgehead atoms. The van der Waals surface area contributed by atoms with Crippen LogP contribution in [0.5, 0.6) is 5.75 Å². The monoisotopic (exact) mass is 550 g/mol. The van der Waals surface area contributed by atoms with Gasteiger partial charge in [0.1, 0.15) is 5.75 Å². The number of carbonyl (C=O) groups is 1. The fraction of sp³-hybridized carbons (Fsp3) is 0.286. The van der Waals surface area contributed by atoms with Gasteiger partial charge in [-0.3, -0.25) is 9.52 Å². The van der Waals surface area contributed by atoms with Crippen LogP contribution < -0.4 is 14.8 Å². The number of carbonyl (C=O) groups excluding carboxylic acids is 1. The van der Waals surface area contributed by atoms with E-state index in [0.29, 0.717) is 16.9 Å². The zero-order valence-corrected chi connectivity index (χ0v) is 20.1. The molecule has 2 N–H and O–H groups in total. The quantitative estimate of drug-likeness (QED) is 0.355. The molecule has 8 nitrogen and oxygen atoms in total. The first kappa shape index (κ1) is 27.3. The summed E-state index contributed by atoms with van der Waals surface area (Å²) in [6.07, 6.45) is -7.16. The SMILES string of the molecule is CCOc1cc(C(F)(F)F)ccc1C(=O)NCCc1ccc(S(=O)(=O)Nc2nnc(C(F)F)s2)cc1. The van der Waals surface area contributed by atoms with Crippen LogP contribution in [0, 0.1) is 0 Å². The van der Waals surface area contributed by atoms with E-state index in [1.165, 1.54) is 24.3 Å². The predicted molar refractivity (Wildman–Crippen MR) is 121 cm³/mol. The second kappa shape index (κ2) is 11.2. The number of rotatable bonds is 10. The second-order valence-electron chi connectivity index (χ2n) is 7.14. The predicted octanol–water partition coefficient (Wildman–Crippen LogP) is 4.67. The Hall–Kier alpha value is -3.33. The topological polar surface area (TPSA) is 110 Å². The van der Waals surface area contributed by atoms with Crippen molar-refractivity contribution in [1.82, 2.24) is 15.5 Å². The summed E-state index contributed by atoms with van der Waals surface area (Å²) in [7, 11) is -4.09. The van der Waals surface area contributed by atoms with Gasteiger partial charge in [-0.1, -0.05) is 23.5 Å². The molecule has 0 unspecified atom stereocenters. The highest BCUT2D eigenvalue weighted by Crippen LogP contribution is 2.33. The van der Waals surface area contributed by atoms with Gasteiger partial charge in [-0.15, -0.1) is 10.2 Å². The van der Waals surface area contributed by atoms with Crippen molar-refractivity contribution in [2.24, 2.45) is 0 Å². The Morgan fingerprint density at radius 1 is 1.11 bits per heavy atom. The Morgan fingerprint density at radius 3 is 2.39 bits per heavy atom. The third-order valence-corrected chi connectivity index (χ3v) is 6.97. The maximum Gasteiger partial charge on any atom is 0.416 e. The summed E-state index contributed by atoms with van der Waals surface area (Å²) < 4.78 is 96.1. The van der Waals surface area contributed by atoms with Gasteiger partial charge >= 0.3 is 6.18 Å². The molecule has 1 amide bonds. The van der Waals surface area contributed by atoms with Gasteiger partial charge in [0.2, 0.25) is 5.13 Å². The molecule has 0 aliphatic heterocycles. The molecule has 0 atom stereocenters. The van der Waals surface area contributed by atoms with Crippen molar-refractivity contribution in [3.8, 4) is 5.75 Å². The average Bonchev–Trinajstić information content (AvgIpc) is 3.27. The Balaban J connectivity index is 1.60. The van der Waals surface area contributed by atoms with E-state index >= 15 is 0 Å². The van der Waals surface area contributed by atoms with E-state index in [1.807, 2.05) is 0 Å². The van der Waals surface area contributed by atoms with Crippen molar-refractivity contribution < 1.29 is 39.9 Å². The number of aromatic nitrogens is 2. The summed E-state index contributed by atoms with van der Waals surface area (Å²) in [6.45, 7) is 1.75. The molecule has 3 aromatic rings. The summed E-state index contributed by atoms with van der Waals surface area (Å²) in [5, 5.41) is 8.26. The van der Waals surface area contributed by atoms with E-state index in [1.54, 1.807) is 6.92 Å². The standard InChI is InChI=1S/C21H19F5N4O4S2/c1-2-34-16-11-13(21(24,25)26)5-8-15(16)18(31)27-10-9-12-3-6-14(7-4-12)36(32,33)30-20-29-28-19(35-20)17(22)23/h3-8,11,17H,2,9-10H2,1H3,(H,27,31)(H,29,30). The third kappa shape index (κ3) is 6.87. The van der Waals surface area contributed by atoms with E-state index < -0.39 is 39.1 Å². The Labute approximate surface area is 206 Å². The fourth-order valence-electron chi connectivity index (χ4n) is 2.95. The zero-order chi connectivity index (χ0) is 26.5. The summed E-state index contributed by atoms with van der Waals surface area (Å²) >= 11 is 0.416. The van der Waals surface area contributed by atoms with Gasteiger partial charge < -0.3 is 10.1 Å². The van der Waals surface area contributed by atoms with Crippen LogP contribution in [-0.2, 0) is 22.6 Å². The van der Waals surface area contributed by atoms with Gasteiger partial charge in [0.25, 0.3) is 22.4 Å². The summed E-state index contributed by atoms with van der Waals surface area (Å²) in [5.74, 6) is -0.821. The first-order valence-corrected chi connectivity index (χ1v) is 12.6. The van der Waals surface area contributed by atoms with Crippen molar-refractivity contribution in [1.29, 1.82) is 0 Å². The van der Waals surface area contributed by atoms with E-state index in [9.17, 15) is 35.2 Å². The number of halogens is 5. The number of hydrogen-bond donors (Lipinski definition) is 2. The highest BCUT2D eigenvalue weighted by Gasteiger charge is 2.32. The van der Waals surface area contributed by atoms with Crippen LogP contribution in [0.4, 0.5) is 27.1 Å². The minimum Gasteiger partial charge on any atom is -0.493 e. The van der Waals surface area contributed by atoms with Crippen molar-refractivity contribution in [2.75, 3.05) is 17.9 Å². The largest absolute Gasteiger partial charge is 0.493 e. The van der Waals surface area contributed by atoms with Crippen molar-refractivity contribution in [3.63, 3.8) is 0 Å². The van der Waals surface area contributed by atoms with Crippen LogP contribution in [0.2, 0.25) is 0 Å². The number of anilines is 1. The molecule has 0 saturated heterocycles. The lowest BCUT2D eigenvalue weighted by Gasteiger charge is -2.14. The molecule has 1 aromatic heterocycles. The maximum absolute atomic E-state index is 12.9. The molecular formula is C21H19F5N4O4S2.